The van der Waals surface area contributed by atoms with Gasteiger partial charge in [0, 0.05) is 45.7 Å². The second-order valence-electron chi connectivity index (χ2n) is 4.27. The number of sulfonamides is 1. The van der Waals surface area contributed by atoms with E-state index in [0.717, 1.165) is 4.90 Å². The van der Waals surface area contributed by atoms with Crippen LogP contribution in [0, 0.1) is 0 Å². The lowest BCUT2D eigenvalue weighted by Crippen LogP contribution is -2.28. The first-order chi connectivity index (χ1) is 9.39. The standard InChI is InChI=1S/C12H20N2O3S3/c1-19(15)8-3-6-14-20(16,17)9-7-18-12-5-2-4-11(13)10-12/h2,4-5,10,14H,3,6-9,13H2,1H3. The summed E-state index contributed by atoms with van der Waals surface area (Å²) in [7, 11) is -4.14. The van der Waals surface area contributed by atoms with E-state index >= 15 is 0 Å². The molecule has 0 aliphatic rings. The number of hydrogen-bond donors (Lipinski definition) is 2. The van der Waals surface area contributed by atoms with Crippen LogP contribution in [0.3, 0.4) is 0 Å². The molecule has 114 valence electrons. The molecule has 0 spiro atoms. The number of hydrogen-bond acceptors (Lipinski definition) is 5. The van der Waals surface area contributed by atoms with Crippen molar-refractivity contribution in [1.82, 2.24) is 4.72 Å². The van der Waals surface area contributed by atoms with Crippen LogP contribution in [0.4, 0.5) is 5.69 Å². The van der Waals surface area contributed by atoms with Crippen molar-refractivity contribution in [2.45, 2.75) is 11.3 Å². The Labute approximate surface area is 127 Å². The van der Waals surface area contributed by atoms with Crippen molar-refractivity contribution in [3.05, 3.63) is 24.3 Å². The SMILES string of the molecule is CS(=O)CCCNS(=O)(=O)CCSc1cccc(N)c1. The van der Waals surface area contributed by atoms with Crippen molar-refractivity contribution in [3.63, 3.8) is 0 Å². The average Bonchev–Trinajstić information content (AvgIpc) is 2.34. The molecular formula is C12H20N2O3S3. The fourth-order valence-electron chi connectivity index (χ4n) is 1.45. The summed E-state index contributed by atoms with van der Waals surface area (Å²) in [5.74, 6) is 1.04. The molecule has 0 aliphatic heterocycles. The van der Waals surface area contributed by atoms with Crippen LogP contribution in [0.2, 0.25) is 0 Å². The first kappa shape index (κ1) is 17.5. The third-order valence-electron chi connectivity index (χ3n) is 2.41. The van der Waals surface area contributed by atoms with Gasteiger partial charge in [0.1, 0.15) is 0 Å². The number of benzene rings is 1. The summed E-state index contributed by atoms with van der Waals surface area (Å²) in [5.41, 5.74) is 6.32. The van der Waals surface area contributed by atoms with E-state index in [1.807, 2.05) is 18.2 Å². The Hall–Kier alpha value is -0.570. The Morgan fingerprint density at radius 3 is 2.80 bits per heavy atom. The van der Waals surface area contributed by atoms with Gasteiger partial charge in [-0.3, -0.25) is 4.21 Å². The summed E-state index contributed by atoms with van der Waals surface area (Å²) in [6.45, 7) is 0.338. The van der Waals surface area contributed by atoms with Crippen molar-refractivity contribution in [3.8, 4) is 0 Å². The van der Waals surface area contributed by atoms with E-state index in [9.17, 15) is 12.6 Å². The summed E-state index contributed by atoms with van der Waals surface area (Å²) in [6.07, 6.45) is 2.20. The molecule has 0 fully saturated rings. The second kappa shape index (κ2) is 8.66. The van der Waals surface area contributed by atoms with E-state index < -0.39 is 20.8 Å². The van der Waals surface area contributed by atoms with Crippen LogP contribution < -0.4 is 10.5 Å². The summed E-state index contributed by atoms with van der Waals surface area (Å²) < 4.78 is 36.8. The minimum absolute atomic E-state index is 0.0572. The zero-order chi connectivity index (χ0) is 15.0. The highest BCUT2D eigenvalue weighted by molar-refractivity contribution is 8.00. The molecule has 0 amide bonds. The normalized spacial score (nSPS) is 13.2. The van der Waals surface area contributed by atoms with Crippen molar-refractivity contribution >= 4 is 38.3 Å². The maximum absolute atomic E-state index is 11.7. The lowest BCUT2D eigenvalue weighted by molar-refractivity contribution is 0.582. The third kappa shape index (κ3) is 7.88. The van der Waals surface area contributed by atoms with Gasteiger partial charge in [-0.1, -0.05) is 6.07 Å². The monoisotopic (exact) mass is 336 g/mol. The van der Waals surface area contributed by atoms with Gasteiger partial charge in [-0.25, -0.2) is 13.1 Å². The van der Waals surface area contributed by atoms with Gasteiger partial charge in [-0.2, -0.15) is 0 Å². The zero-order valence-electron chi connectivity index (χ0n) is 11.4. The topological polar surface area (TPSA) is 89.3 Å². The van der Waals surface area contributed by atoms with E-state index in [0.29, 0.717) is 30.2 Å². The molecule has 1 unspecified atom stereocenters. The first-order valence-corrected chi connectivity index (χ1v) is 10.5. The smallest absolute Gasteiger partial charge is 0.212 e. The Morgan fingerprint density at radius 2 is 2.15 bits per heavy atom. The molecule has 1 rings (SSSR count). The fourth-order valence-corrected chi connectivity index (χ4v) is 4.44. The van der Waals surface area contributed by atoms with Crippen LogP contribution in [-0.4, -0.2) is 42.7 Å². The molecule has 3 N–H and O–H groups in total. The van der Waals surface area contributed by atoms with Gasteiger partial charge in [0.05, 0.1) is 5.75 Å². The largest absolute Gasteiger partial charge is 0.399 e. The molecule has 5 nitrogen and oxygen atoms in total. The molecule has 1 aromatic rings. The summed E-state index contributed by atoms with van der Waals surface area (Å²) in [5, 5.41) is 0. The summed E-state index contributed by atoms with van der Waals surface area (Å²) in [6, 6.07) is 7.36. The predicted molar refractivity (Wildman–Crippen MR) is 86.9 cm³/mol. The second-order valence-corrected chi connectivity index (χ2v) is 8.91. The van der Waals surface area contributed by atoms with Gasteiger partial charge in [0.2, 0.25) is 10.0 Å². The van der Waals surface area contributed by atoms with E-state index in [1.165, 1.54) is 11.8 Å². The number of nitrogens with one attached hydrogen (secondary N) is 1. The van der Waals surface area contributed by atoms with Crippen LogP contribution >= 0.6 is 11.8 Å². The van der Waals surface area contributed by atoms with Gasteiger partial charge in [-0.15, -0.1) is 11.8 Å². The molecule has 0 bridgehead atoms. The quantitative estimate of drug-likeness (QED) is 0.400. The minimum atomic E-state index is -3.26. The third-order valence-corrected chi connectivity index (χ3v) is 5.91. The van der Waals surface area contributed by atoms with Gasteiger partial charge < -0.3 is 5.73 Å². The maximum Gasteiger partial charge on any atom is 0.212 e. The molecule has 0 saturated heterocycles. The highest BCUT2D eigenvalue weighted by Gasteiger charge is 2.09. The van der Waals surface area contributed by atoms with Crippen LogP contribution in [0.5, 0.6) is 0 Å². The fraction of sp³-hybridized carbons (Fsp3) is 0.500. The van der Waals surface area contributed by atoms with Crippen LogP contribution in [0.15, 0.2) is 29.2 Å². The van der Waals surface area contributed by atoms with Gasteiger partial charge in [0.25, 0.3) is 0 Å². The van der Waals surface area contributed by atoms with Gasteiger partial charge in [0.15, 0.2) is 0 Å². The molecule has 0 heterocycles. The van der Waals surface area contributed by atoms with Crippen LogP contribution in [-0.2, 0) is 20.8 Å². The molecule has 0 saturated carbocycles. The lowest BCUT2D eigenvalue weighted by Gasteiger charge is -2.06. The lowest BCUT2D eigenvalue weighted by atomic mass is 10.3. The maximum atomic E-state index is 11.7. The molecule has 0 aromatic heterocycles. The highest BCUT2D eigenvalue weighted by Crippen LogP contribution is 2.20. The van der Waals surface area contributed by atoms with Crippen molar-refractivity contribution in [2.24, 2.45) is 0 Å². The number of rotatable bonds is 9. The number of nitrogens with two attached hydrogens (primary N) is 1. The minimum Gasteiger partial charge on any atom is -0.399 e. The number of nitrogen functional groups attached to an aromatic ring is 1. The Bertz CT molecular complexity index is 547. The summed E-state index contributed by atoms with van der Waals surface area (Å²) in [4.78, 5) is 0.960. The van der Waals surface area contributed by atoms with Crippen molar-refractivity contribution in [2.75, 3.05) is 35.8 Å². The van der Waals surface area contributed by atoms with Gasteiger partial charge >= 0.3 is 0 Å². The molecule has 0 radical (unpaired) electrons. The predicted octanol–water partition coefficient (Wildman–Crippen LogP) is 1.05. The Balaban J connectivity index is 2.27. The number of thioether (sulfide) groups is 1. The number of anilines is 1. The Morgan fingerprint density at radius 1 is 1.40 bits per heavy atom. The molecule has 1 aromatic carbocycles. The summed E-state index contributed by atoms with van der Waals surface area (Å²) >= 11 is 1.46. The molecule has 8 heteroatoms. The van der Waals surface area contributed by atoms with E-state index in [4.69, 9.17) is 5.73 Å². The first-order valence-electron chi connectivity index (χ1n) is 6.15. The Kier molecular flexibility index (Phi) is 7.57. The zero-order valence-corrected chi connectivity index (χ0v) is 13.8. The molecular weight excluding hydrogens is 316 g/mol. The van der Waals surface area contributed by atoms with Crippen LogP contribution in [0.25, 0.3) is 0 Å². The van der Waals surface area contributed by atoms with Crippen LogP contribution in [0.1, 0.15) is 6.42 Å². The van der Waals surface area contributed by atoms with E-state index in [-0.39, 0.29) is 5.75 Å². The average molecular weight is 337 g/mol. The molecule has 20 heavy (non-hydrogen) atoms. The van der Waals surface area contributed by atoms with E-state index in [1.54, 1.807) is 12.3 Å². The van der Waals surface area contributed by atoms with Crippen molar-refractivity contribution < 1.29 is 12.6 Å². The molecule has 1 atom stereocenters. The van der Waals surface area contributed by atoms with Gasteiger partial charge in [-0.05, 0) is 24.6 Å². The van der Waals surface area contributed by atoms with E-state index in [2.05, 4.69) is 4.72 Å². The highest BCUT2D eigenvalue weighted by atomic mass is 32.2. The van der Waals surface area contributed by atoms with Crippen molar-refractivity contribution in [1.29, 1.82) is 0 Å². The molecule has 0 aliphatic carbocycles.